The quantitative estimate of drug-likeness (QED) is 0.797. The van der Waals surface area contributed by atoms with Gasteiger partial charge >= 0.3 is 0 Å². The molecule has 0 bridgehead atoms. The van der Waals surface area contributed by atoms with Crippen molar-refractivity contribution in [1.82, 2.24) is 5.32 Å². The lowest BCUT2D eigenvalue weighted by Crippen LogP contribution is -2.17. The summed E-state index contributed by atoms with van der Waals surface area (Å²) in [5.41, 5.74) is 2.35. The molecule has 0 saturated carbocycles. The maximum absolute atomic E-state index is 6.28. The highest BCUT2D eigenvalue weighted by Gasteiger charge is 2.14. The van der Waals surface area contributed by atoms with Crippen LogP contribution in [0.3, 0.4) is 0 Å². The van der Waals surface area contributed by atoms with E-state index in [0.29, 0.717) is 0 Å². The molecule has 2 aromatic rings. The summed E-state index contributed by atoms with van der Waals surface area (Å²) in [6.07, 6.45) is 0. The summed E-state index contributed by atoms with van der Waals surface area (Å²) < 4.78 is 0. The van der Waals surface area contributed by atoms with Gasteiger partial charge in [0.25, 0.3) is 0 Å². The Kier molecular flexibility index (Phi) is 5.32. The summed E-state index contributed by atoms with van der Waals surface area (Å²) in [5, 5.41) is 4.14. The molecule has 100 valence electrons. The van der Waals surface area contributed by atoms with E-state index in [0.717, 1.165) is 16.3 Å². The summed E-state index contributed by atoms with van der Waals surface area (Å²) >= 11 is 8.14. The molecule has 1 N–H and O–H groups in total. The van der Waals surface area contributed by atoms with E-state index in [1.54, 1.807) is 0 Å². The molecule has 19 heavy (non-hydrogen) atoms. The summed E-state index contributed by atoms with van der Waals surface area (Å²) in [7, 11) is 1.96. The van der Waals surface area contributed by atoms with Crippen LogP contribution in [-0.2, 0) is 0 Å². The van der Waals surface area contributed by atoms with E-state index in [9.17, 15) is 0 Å². The number of rotatable bonds is 5. The summed E-state index contributed by atoms with van der Waals surface area (Å²) in [6, 6.07) is 16.8. The largest absolute Gasteiger partial charge is 0.309 e. The molecule has 0 aliphatic heterocycles. The third kappa shape index (κ3) is 3.53. The van der Waals surface area contributed by atoms with E-state index < -0.39 is 0 Å². The van der Waals surface area contributed by atoms with Crippen molar-refractivity contribution in [3.63, 3.8) is 0 Å². The molecular weight excluding hydrogens is 274 g/mol. The van der Waals surface area contributed by atoms with Gasteiger partial charge in [0.15, 0.2) is 0 Å². The SMILES string of the molecule is CCSc1ccc(C(NC)c2ccccc2Cl)cc1. The molecule has 1 unspecified atom stereocenters. The van der Waals surface area contributed by atoms with Crippen LogP contribution in [0.1, 0.15) is 24.1 Å². The highest BCUT2D eigenvalue weighted by molar-refractivity contribution is 7.99. The van der Waals surface area contributed by atoms with Crippen molar-refractivity contribution in [3.8, 4) is 0 Å². The fourth-order valence-electron chi connectivity index (χ4n) is 2.13. The number of thioether (sulfide) groups is 1. The number of hydrogen-bond acceptors (Lipinski definition) is 2. The Morgan fingerprint density at radius 2 is 1.79 bits per heavy atom. The van der Waals surface area contributed by atoms with E-state index >= 15 is 0 Å². The van der Waals surface area contributed by atoms with Crippen LogP contribution in [0, 0.1) is 0 Å². The number of halogens is 1. The van der Waals surface area contributed by atoms with Crippen LogP contribution in [0.25, 0.3) is 0 Å². The first-order valence-electron chi connectivity index (χ1n) is 6.40. The van der Waals surface area contributed by atoms with Crippen molar-refractivity contribution in [1.29, 1.82) is 0 Å². The average Bonchev–Trinajstić information content (AvgIpc) is 2.44. The predicted molar refractivity (Wildman–Crippen MR) is 85.2 cm³/mol. The van der Waals surface area contributed by atoms with E-state index in [1.807, 2.05) is 37.0 Å². The fourth-order valence-corrected chi connectivity index (χ4v) is 3.04. The lowest BCUT2D eigenvalue weighted by molar-refractivity contribution is 0.691. The zero-order valence-corrected chi connectivity index (χ0v) is 12.8. The maximum atomic E-state index is 6.28. The average molecular weight is 292 g/mol. The van der Waals surface area contributed by atoms with E-state index in [2.05, 4.69) is 42.6 Å². The van der Waals surface area contributed by atoms with Crippen molar-refractivity contribution in [2.45, 2.75) is 17.9 Å². The molecule has 0 radical (unpaired) electrons. The number of nitrogens with one attached hydrogen (secondary N) is 1. The highest BCUT2D eigenvalue weighted by Crippen LogP contribution is 2.29. The Bertz CT molecular complexity index is 525. The number of hydrogen-bond donors (Lipinski definition) is 1. The Morgan fingerprint density at radius 3 is 2.37 bits per heavy atom. The topological polar surface area (TPSA) is 12.0 Å². The van der Waals surface area contributed by atoms with Crippen LogP contribution in [0.5, 0.6) is 0 Å². The first-order valence-corrected chi connectivity index (χ1v) is 7.77. The fraction of sp³-hybridized carbons (Fsp3) is 0.250. The Morgan fingerprint density at radius 1 is 1.11 bits per heavy atom. The van der Waals surface area contributed by atoms with Gasteiger partial charge in [-0.15, -0.1) is 11.8 Å². The Labute approximate surface area is 124 Å². The second-order valence-corrected chi connectivity index (χ2v) is 5.99. The third-order valence-electron chi connectivity index (χ3n) is 3.03. The van der Waals surface area contributed by atoms with Gasteiger partial charge in [-0.25, -0.2) is 0 Å². The first-order chi connectivity index (χ1) is 9.26. The minimum atomic E-state index is 0.134. The smallest absolute Gasteiger partial charge is 0.0589 e. The standard InChI is InChI=1S/C16H18ClNS/c1-3-19-13-10-8-12(9-11-13)16(18-2)14-6-4-5-7-15(14)17/h4-11,16,18H,3H2,1-2H3. The van der Waals surface area contributed by atoms with Gasteiger partial charge in [0.2, 0.25) is 0 Å². The Hall–Kier alpha value is -0.960. The van der Waals surface area contributed by atoms with Crippen molar-refractivity contribution in [2.24, 2.45) is 0 Å². The van der Waals surface area contributed by atoms with Crippen molar-refractivity contribution < 1.29 is 0 Å². The van der Waals surface area contributed by atoms with Crippen LogP contribution in [0.2, 0.25) is 5.02 Å². The zero-order valence-electron chi connectivity index (χ0n) is 11.2. The lowest BCUT2D eigenvalue weighted by Gasteiger charge is -2.18. The highest BCUT2D eigenvalue weighted by atomic mass is 35.5. The van der Waals surface area contributed by atoms with Gasteiger partial charge in [-0.05, 0) is 42.1 Å². The predicted octanol–water partition coefficient (Wildman–Crippen LogP) is 4.76. The van der Waals surface area contributed by atoms with E-state index in [1.165, 1.54) is 10.5 Å². The molecule has 0 saturated heterocycles. The van der Waals surface area contributed by atoms with Crippen LogP contribution in [-0.4, -0.2) is 12.8 Å². The zero-order chi connectivity index (χ0) is 13.7. The molecule has 2 rings (SSSR count). The van der Waals surface area contributed by atoms with Crippen molar-refractivity contribution in [3.05, 3.63) is 64.7 Å². The summed E-state index contributed by atoms with van der Waals surface area (Å²) in [6.45, 7) is 2.17. The molecule has 0 aliphatic rings. The van der Waals surface area contributed by atoms with Gasteiger partial charge in [-0.3, -0.25) is 0 Å². The van der Waals surface area contributed by atoms with Gasteiger partial charge in [0.05, 0.1) is 6.04 Å². The van der Waals surface area contributed by atoms with Crippen LogP contribution in [0.4, 0.5) is 0 Å². The molecule has 3 heteroatoms. The maximum Gasteiger partial charge on any atom is 0.0589 e. The second-order valence-electron chi connectivity index (χ2n) is 4.25. The van der Waals surface area contributed by atoms with Crippen LogP contribution in [0.15, 0.2) is 53.4 Å². The first kappa shape index (κ1) is 14.4. The number of benzene rings is 2. The Balaban J connectivity index is 2.29. The lowest BCUT2D eigenvalue weighted by atomic mass is 9.99. The van der Waals surface area contributed by atoms with E-state index in [4.69, 9.17) is 11.6 Å². The van der Waals surface area contributed by atoms with Crippen molar-refractivity contribution >= 4 is 23.4 Å². The molecule has 1 atom stereocenters. The van der Waals surface area contributed by atoms with Gasteiger partial charge in [0, 0.05) is 9.92 Å². The molecule has 1 nitrogen and oxygen atoms in total. The molecular formula is C16H18ClNS. The molecule has 0 aromatic heterocycles. The van der Waals surface area contributed by atoms with Crippen molar-refractivity contribution in [2.75, 3.05) is 12.8 Å². The second kappa shape index (κ2) is 6.99. The summed E-state index contributed by atoms with van der Waals surface area (Å²) in [4.78, 5) is 1.31. The molecule has 0 amide bonds. The van der Waals surface area contributed by atoms with E-state index in [-0.39, 0.29) is 6.04 Å². The molecule has 0 aliphatic carbocycles. The minimum absolute atomic E-state index is 0.134. The van der Waals surface area contributed by atoms with Gasteiger partial charge < -0.3 is 5.32 Å². The van der Waals surface area contributed by atoms with Gasteiger partial charge in [-0.1, -0.05) is 48.9 Å². The molecule has 0 spiro atoms. The van der Waals surface area contributed by atoms with Gasteiger partial charge in [-0.2, -0.15) is 0 Å². The monoisotopic (exact) mass is 291 g/mol. The van der Waals surface area contributed by atoms with Crippen LogP contribution < -0.4 is 5.32 Å². The third-order valence-corrected chi connectivity index (χ3v) is 4.27. The molecule has 2 aromatic carbocycles. The minimum Gasteiger partial charge on any atom is -0.309 e. The molecule has 0 heterocycles. The summed E-state index contributed by atoms with van der Waals surface area (Å²) in [5.74, 6) is 1.10. The van der Waals surface area contributed by atoms with Gasteiger partial charge in [0.1, 0.15) is 0 Å². The molecule has 0 fully saturated rings. The van der Waals surface area contributed by atoms with Crippen LogP contribution >= 0.6 is 23.4 Å². The normalized spacial score (nSPS) is 12.4.